The van der Waals surface area contributed by atoms with Gasteiger partial charge >= 0.3 is 0 Å². The van der Waals surface area contributed by atoms with Crippen LogP contribution in [0.25, 0.3) is 6.08 Å². The molecule has 5 heteroatoms. The minimum absolute atomic E-state index is 0. The normalized spacial score (nSPS) is 15.0. The second kappa shape index (κ2) is 16.6. The Morgan fingerprint density at radius 3 is 2.13 bits per heavy atom. The highest BCUT2D eigenvalue weighted by molar-refractivity contribution is 8.06. The van der Waals surface area contributed by atoms with Gasteiger partial charge in [0.15, 0.2) is 5.69 Å². The van der Waals surface area contributed by atoms with E-state index in [1.807, 2.05) is 23.1 Å². The molecule has 1 aromatic rings. The van der Waals surface area contributed by atoms with Crippen molar-refractivity contribution in [1.29, 1.82) is 0 Å². The standard InChI is InChI=1S/C25H43N2S2.HI/c1-5-7-9-11-13-15-17-26-22(3)20-28-24(26)19-25-27(23(4)21-29-25)18-16-14-12-10-8-6-2;/h19-21H,5-18H2,1-4H3;1H/q+1;/p-1. The van der Waals surface area contributed by atoms with Gasteiger partial charge in [0.25, 0.3) is 5.01 Å². The van der Waals surface area contributed by atoms with Gasteiger partial charge in [0.1, 0.15) is 6.54 Å². The molecule has 0 amide bonds. The SMILES string of the molecule is CCCCCCCCN1C(C)=CS/C1=C\c1scc(C)[n+]1CCCCCCCC.[I-]. The molecule has 30 heavy (non-hydrogen) atoms. The fourth-order valence-corrected chi connectivity index (χ4v) is 5.89. The summed E-state index contributed by atoms with van der Waals surface area (Å²) in [5, 5.41) is 7.47. The van der Waals surface area contributed by atoms with Crippen LogP contribution >= 0.6 is 23.1 Å². The summed E-state index contributed by atoms with van der Waals surface area (Å²) in [6, 6.07) is 0. The average molecular weight is 563 g/mol. The topological polar surface area (TPSA) is 7.12 Å². The highest BCUT2D eigenvalue weighted by atomic mass is 127. The van der Waals surface area contributed by atoms with Crippen LogP contribution in [0.3, 0.4) is 0 Å². The summed E-state index contributed by atoms with van der Waals surface area (Å²) < 4.78 is 2.54. The highest BCUT2D eigenvalue weighted by Gasteiger charge is 2.22. The zero-order chi connectivity index (χ0) is 20.9. The Bertz CT molecular complexity index is 652. The lowest BCUT2D eigenvalue weighted by molar-refractivity contribution is -0.700. The van der Waals surface area contributed by atoms with Crippen LogP contribution in [0.1, 0.15) is 109 Å². The van der Waals surface area contributed by atoms with Gasteiger partial charge in [0, 0.05) is 25.6 Å². The number of aromatic nitrogens is 1. The van der Waals surface area contributed by atoms with Crippen molar-refractivity contribution in [3.05, 3.63) is 32.2 Å². The van der Waals surface area contributed by atoms with Gasteiger partial charge in [-0.05, 0) is 25.2 Å². The molecule has 0 N–H and O–H groups in total. The Kier molecular flexibility index (Phi) is 15.5. The molecule has 0 saturated carbocycles. The number of nitrogens with zero attached hydrogens (tertiary/aromatic N) is 2. The summed E-state index contributed by atoms with van der Waals surface area (Å²) in [5.74, 6) is 0. The second-order valence-electron chi connectivity index (χ2n) is 8.41. The van der Waals surface area contributed by atoms with Crippen LogP contribution in [0.2, 0.25) is 0 Å². The van der Waals surface area contributed by atoms with E-state index in [-0.39, 0.29) is 24.0 Å². The molecule has 0 aliphatic carbocycles. The third kappa shape index (κ3) is 9.64. The Morgan fingerprint density at radius 1 is 0.867 bits per heavy atom. The molecule has 1 aliphatic heterocycles. The first-order valence-corrected chi connectivity index (χ1v) is 13.7. The largest absolute Gasteiger partial charge is 1.00 e. The molecule has 0 aromatic carbocycles. The molecule has 172 valence electrons. The molecule has 0 spiro atoms. The van der Waals surface area contributed by atoms with Crippen LogP contribution in [-0.4, -0.2) is 11.4 Å². The van der Waals surface area contributed by atoms with E-state index in [1.165, 1.54) is 98.5 Å². The van der Waals surface area contributed by atoms with Crippen LogP contribution in [-0.2, 0) is 6.54 Å². The maximum atomic E-state index is 2.54. The molecule has 0 bridgehead atoms. The van der Waals surface area contributed by atoms with E-state index in [4.69, 9.17) is 0 Å². The number of aryl methyl sites for hydroxylation is 1. The Labute approximate surface area is 211 Å². The van der Waals surface area contributed by atoms with Gasteiger partial charge in [-0.1, -0.05) is 94.7 Å². The van der Waals surface area contributed by atoms with Crippen molar-refractivity contribution in [2.45, 2.75) is 111 Å². The molecule has 1 aliphatic rings. The third-order valence-electron chi connectivity index (χ3n) is 5.80. The first-order chi connectivity index (χ1) is 14.2. The highest BCUT2D eigenvalue weighted by Crippen LogP contribution is 2.36. The van der Waals surface area contributed by atoms with Crippen molar-refractivity contribution in [2.75, 3.05) is 6.54 Å². The predicted molar refractivity (Wildman–Crippen MR) is 132 cm³/mol. The Balaban J connectivity index is 0.00000450. The van der Waals surface area contributed by atoms with E-state index in [2.05, 4.69) is 54.0 Å². The summed E-state index contributed by atoms with van der Waals surface area (Å²) >= 11 is 3.80. The van der Waals surface area contributed by atoms with Crippen molar-refractivity contribution >= 4 is 29.2 Å². The minimum Gasteiger partial charge on any atom is -1.00 e. The molecule has 1 aromatic heterocycles. The van der Waals surface area contributed by atoms with Crippen molar-refractivity contribution in [2.24, 2.45) is 0 Å². The Hall–Kier alpha value is -0.0100. The molecular weight excluding hydrogens is 519 g/mol. The molecule has 0 unspecified atom stereocenters. The van der Waals surface area contributed by atoms with Crippen LogP contribution in [0, 0.1) is 6.92 Å². The molecule has 2 rings (SSSR count). The Morgan fingerprint density at radius 2 is 1.47 bits per heavy atom. The van der Waals surface area contributed by atoms with Gasteiger partial charge in [-0.2, -0.15) is 4.57 Å². The zero-order valence-electron chi connectivity index (χ0n) is 19.7. The minimum atomic E-state index is 0. The van der Waals surface area contributed by atoms with E-state index < -0.39 is 0 Å². The van der Waals surface area contributed by atoms with Crippen LogP contribution in [0.15, 0.2) is 21.5 Å². The maximum absolute atomic E-state index is 2.54. The van der Waals surface area contributed by atoms with Crippen LogP contribution < -0.4 is 28.5 Å². The number of hydrogen-bond acceptors (Lipinski definition) is 3. The quantitative estimate of drug-likeness (QED) is 0.163. The second-order valence-corrected chi connectivity index (χ2v) is 10.2. The van der Waals surface area contributed by atoms with Gasteiger partial charge in [-0.25, -0.2) is 0 Å². The van der Waals surface area contributed by atoms with Crippen LogP contribution in [0.4, 0.5) is 0 Å². The van der Waals surface area contributed by atoms with Gasteiger partial charge in [-0.3, -0.25) is 0 Å². The van der Waals surface area contributed by atoms with Gasteiger partial charge < -0.3 is 28.9 Å². The summed E-state index contributed by atoms with van der Waals surface area (Å²) in [4.78, 5) is 2.54. The molecule has 0 saturated heterocycles. The van der Waals surface area contributed by atoms with E-state index in [0.29, 0.717) is 0 Å². The average Bonchev–Trinajstić information content (AvgIpc) is 3.24. The molecule has 0 atom stereocenters. The van der Waals surface area contributed by atoms with E-state index in [1.54, 1.807) is 0 Å². The van der Waals surface area contributed by atoms with E-state index in [0.717, 1.165) is 13.1 Å². The molecule has 2 heterocycles. The zero-order valence-corrected chi connectivity index (χ0v) is 23.5. The fourth-order valence-electron chi connectivity index (χ4n) is 3.90. The molecule has 0 fully saturated rings. The number of unbranched alkanes of at least 4 members (excludes halogenated alkanes) is 10. The third-order valence-corrected chi connectivity index (χ3v) is 7.88. The summed E-state index contributed by atoms with van der Waals surface area (Å²) in [5.41, 5.74) is 2.82. The van der Waals surface area contributed by atoms with Gasteiger partial charge in [-0.15, -0.1) is 0 Å². The van der Waals surface area contributed by atoms with Gasteiger partial charge in [0.2, 0.25) is 0 Å². The number of thiazole rings is 1. The first kappa shape index (κ1) is 28.0. The van der Waals surface area contributed by atoms with Crippen molar-refractivity contribution < 1.29 is 28.5 Å². The lowest BCUT2D eigenvalue weighted by atomic mass is 10.1. The molecular formula is C25H43IN2S2. The van der Waals surface area contributed by atoms with E-state index >= 15 is 0 Å². The van der Waals surface area contributed by atoms with Crippen molar-refractivity contribution in [3.8, 4) is 0 Å². The van der Waals surface area contributed by atoms with Crippen molar-refractivity contribution in [1.82, 2.24) is 4.90 Å². The number of thioether (sulfide) groups is 1. The lowest BCUT2D eigenvalue weighted by Gasteiger charge is -2.21. The van der Waals surface area contributed by atoms with Crippen molar-refractivity contribution in [3.63, 3.8) is 0 Å². The molecule has 2 nitrogen and oxygen atoms in total. The van der Waals surface area contributed by atoms with Gasteiger partial charge in [0.05, 0.1) is 16.5 Å². The van der Waals surface area contributed by atoms with Crippen LogP contribution in [0.5, 0.6) is 0 Å². The number of rotatable bonds is 15. The smallest absolute Gasteiger partial charge is 0.264 e. The summed E-state index contributed by atoms with van der Waals surface area (Å²) in [6.45, 7) is 11.4. The fraction of sp³-hybridized carbons (Fsp3) is 0.720. The summed E-state index contributed by atoms with van der Waals surface area (Å²) in [6.07, 6.45) is 18.8. The lowest BCUT2D eigenvalue weighted by Crippen LogP contribution is -3.00. The number of allylic oxidation sites excluding steroid dienone is 1. The number of hydrogen-bond donors (Lipinski definition) is 0. The monoisotopic (exact) mass is 562 g/mol. The summed E-state index contributed by atoms with van der Waals surface area (Å²) in [7, 11) is 0. The van der Waals surface area contributed by atoms with E-state index in [9.17, 15) is 0 Å². The first-order valence-electron chi connectivity index (χ1n) is 12.0. The molecule has 0 radical (unpaired) electrons. The predicted octanol–water partition coefficient (Wildman–Crippen LogP) is 5.28. The number of halogens is 1. The maximum Gasteiger partial charge on any atom is 0.264 e.